The van der Waals surface area contributed by atoms with Gasteiger partial charge in [-0.05, 0) is 37.3 Å². The van der Waals surface area contributed by atoms with Crippen LogP contribution in [0.25, 0.3) is 0 Å². The van der Waals surface area contributed by atoms with Gasteiger partial charge in [0.25, 0.3) is 5.91 Å². The molecule has 3 aliphatic rings. The van der Waals surface area contributed by atoms with Crippen molar-refractivity contribution in [1.82, 2.24) is 5.32 Å². The van der Waals surface area contributed by atoms with Crippen molar-refractivity contribution in [3.8, 4) is 0 Å². The van der Waals surface area contributed by atoms with Crippen molar-refractivity contribution in [2.24, 2.45) is 11.3 Å². The molecular weight excluding hydrogens is 396 g/mol. The number of aryl methyl sites for hydroxylation is 2. The van der Waals surface area contributed by atoms with E-state index in [0.717, 1.165) is 16.8 Å². The molecule has 1 aromatic carbocycles. The van der Waals surface area contributed by atoms with E-state index in [-0.39, 0.29) is 17.1 Å². The molecule has 5 nitrogen and oxygen atoms in total. The molecule has 0 radical (unpaired) electrons. The Morgan fingerprint density at radius 3 is 2.63 bits per heavy atom. The van der Waals surface area contributed by atoms with Crippen molar-refractivity contribution in [3.05, 3.63) is 64.2 Å². The number of ketones is 2. The lowest BCUT2D eigenvalue weighted by atomic mass is 9.67. The van der Waals surface area contributed by atoms with Crippen molar-refractivity contribution in [2.45, 2.75) is 45.4 Å². The van der Waals surface area contributed by atoms with Gasteiger partial charge in [0.15, 0.2) is 5.78 Å². The zero-order valence-corrected chi connectivity index (χ0v) is 18.4. The standard InChI is InChI=1S/C24H26N2O3S/c1-13-9-10-15(14(2)11-13)26-23(29)21(28)19-20(27)22-17(12-24(19,3)4)25-16-7-5-6-8-18(16)30-22/h5-11,16,18-19,25H,12H2,1-4H3,(H,26,29)/t16-,18-,19-/m0/s1. The number of allylic oxidation sites excluding steroid dienone is 4. The molecule has 2 aliphatic carbocycles. The highest BCUT2D eigenvalue weighted by molar-refractivity contribution is 8.04. The number of benzene rings is 1. The van der Waals surface area contributed by atoms with E-state index in [4.69, 9.17) is 0 Å². The van der Waals surface area contributed by atoms with Gasteiger partial charge in [-0.1, -0.05) is 55.8 Å². The number of amides is 1. The Kier molecular flexibility index (Phi) is 5.22. The van der Waals surface area contributed by atoms with Crippen molar-refractivity contribution in [3.63, 3.8) is 0 Å². The van der Waals surface area contributed by atoms with Gasteiger partial charge < -0.3 is 10.6 Å². The van der Waals surface area contributed by atoms with Crippen LogP contribution in [0.4, 0.5) is 5.69 Å². The second-order valence-corrected chi connectivity index (χ2v) is 10.1. The van der Waals surface area contributed by atoms with E-state index in [1.807, 2.05) is 52.0 Å². The normalized spacial score (nSPS) is 26.5. The average Bonchev–Trinajstić information content (AvgIpc) is 2.68. The molecule has 4 rings (SSSR count). The number of thioether (sulfide) groups is 1. The van der Waals surface area contributed by atoms with Gasteiger partial charge >= 0.3 is 0 Å². The fourth-order valence-electron chi connectivity index (χ4n) is 4.43. The van der Waals surface area contributed by atoms with E-state index in [9.17, 15) is 14.4 Å². The number of Topliss-reactive ketones (excluding diaryl/α,β-unsaturated/α-hetero) is 2. The molecule has 6 heteroatoms. The van der Waals surface area contributed by atoms with Crippen LogP contribution in [0.15, 0.2) is 53.1 Å². The van der Waals surface area contributed by atoms with Gasteiger partial charge in [-0.25, -0.2) is 0 Å². The molecular formula is C24H26N2O3S. The third-order valence-corrected chi connectivity index (χ3v) is 7.37. The topological polar surface area (TPSA) is 75.3 Å². The van der Waals surface area contributed by atoms with Crippen LogP contribution in [0.1, 0.15) is 31.4 Å². The summed E-state index contributed by atoms with van der Waals surface area (Å²) >= 11 is 1.49. The molecule has 1 aromatic rings. The average molecular weight is 423 g/mol. The smallest absolute Gasteiger partial charge is 0.292 e. The van der Waals surface area contributed by atoms with E-state index in [1.54, 1.807) is 6.07 Å². The van der Waals surface area contributed by atoms with Gasteiger partial charge in [0.2, 0.25) is 5.78 Å². The summed E-state index contributed by atoms with van der Waals surface area (Å²) in [6, 6.07) is 5.75. The molecule has 30 heavy (non-hydrogen) atoms. The van der Waals surface area contributed by atoms with Gasteiger partial charge in [0.1, 0.15) is 0 Å². The number of rotatable bonds is 3. The maximum Gasteiger partial charge on any atom is 0.292 e. The first-order chi connectivity index (χ1) is 14.2. The highest BCUT2D eigenvalue weighted by atomic mass is 32.2. The van der Waals surface area contributed by atoms with Gasteiger partial charge in [0, 0.05) is 11.4 Å². The minimum absolute atomic E-state index is 0.110. The van der Waals surface area contributed by atoms with Crippen LogP contribution >= 0.6 is 11.8 Å². The number of anilines is 1. The lowest BCUT2D eigenvalue weighted by molar-refractivity contribution is -0.144. The van der Waals surface area contributed by atoms with Gasteiger partial charge in [-0.3, -0.25) is 14.4 Å². The number of hydrogen-bond donors (Lipinski definition) is 2. The van der Waals surface area contributed by atoms with Gasteiger partial charge in [-0.15, -0.1) is 11.8 Å². The highest BCUT2D eigenvalue weighted by Gasteiger charge is 2.50. The molecule has 0 saturated carbocycles. The molecule has 1 heterocycles. The van der Waals surface area contributed by atoms with Crippen LogP contribution in [0.5, 0.6) is 0 Å². The number of fused-ring (bicyclic) bond motifs is 1. The molecule has 3 atom stereocenters. The summed E-state index contributed by atoms with van der Waals surface area (Å²) in [5.74, 6) is -2.64. The van der Waals surface area contributed by atoms with Crippen molar-refractivity contribution < 1.29 is 14.4 Å². The monoisotopic (exact) mass is 422 g/mol. The fourth-order valence-corrected chi connectivity index (χ4v) is 5.68. The van der Waals surface area contributed by atoms with Crippen molar-refractivity contribution >= 4 is 34.9 Å². The Bertz CT molecular complexity index is 1030. The van der Waals surface area contributed by atoms with E-state index in [2.05, 4.69) is 22.8 Å². The Balaban J connectivity index is 1.59. The maximum atomic E-state index is 13.4. The predicted octanol–water partition coefficient (Wildman–Crippen LogP) is 3.84. The predicted molar refractivity (Wildman–Crippen MR) is 120 cm³/mol. The molecule has 1 amide bonds. The molecule has 0 aromatic heterocycles. The van der Waals surface area contributed by atoms with Crippen LogP contribution in [0.3, 0.4) is 0 Å². The lowest BCUT2D eigenvalue weighted by Crippen LogP contribution is -2.51. The number of carbonyl (C=O) groups excluding carboxylic acids is 3. The highest BCUT2D eigenvalue weighted by Crippen LogP contribution is 2.48. The molecule has 0 saturated heterocycles. The van der Waals surface area contributed by atoms with E-state index in [0.29, 0.717) is 17.0 Å². The third-order valence-electron chi connectivity index (χ3n) is 5.97. The Morgan fingerprint density at radius 1 is 1.17 bits per heavy atom. The van der Waals surface area contributed by atoms with Crippen LogP contribution in [-0.4, -0.2) is 28.8 Å². The van der Waals surface area contributed by atoms with E-state index < -0.39 is 23.0 Å². The summed E-state index contributed by atoms with van der Waals surface area (Å²) in [5.41, 5.74) is 2.78. The zero-order valence-electron chi connectivity index (χ0n) is 17.6. The molecule has 0 spiro atoms. The van der Waals surface area contributed by atoms with Crippen LogP contribution in [-0.2, 0) is 14.4 Å². The number of hydrogen-bond acceptors (Lipinski definition) is 5. The largest absolute Gasteiger partial charge is 0.380 e. The van der Waals surface area contributed by atoms with Crippen LogP contribution in [0.2, 0.25) is 0 Å². The fraction of sp³-hybridized carbons (Fsp3) is 0.375. The van der Waals surface area contributed by atoms with Gasteiger partial charge in [0.05, 0.1) is 22.1 Å². The number of nitrogens with one attached hydrogen (secondary N) is 2. The second-order valence-electron chi connectivity index (χ2n) is 8.93. The quantitative estimate of drug-likeness (QED) is 0.572. The minimum Gasteiger partial charge on any atom is -0.380 e. The van der Waals surface area contributed by atoms with E-state index in [1.165, 1.54) is 11.8 Å². The summed E-state index contributed by atoms with van der Waals surface area (Å²) in [7, 11) is 0. The molecule has 0 fully saturated rings. The zero-order chi connectivity index (χ0) is 21.6. The summed E-state index contributed by atoms with van der Waals surface area (Å²) in [6.07, 6.45) is 8.67. The summed E-state index contributed by atoms with van der Waals surface area (Å²) < 4.78 is 0. The van der Waals surface area contributed by atoms with Crippen molar-refractivity contribution in [1.29, 1.82) is 0 Å². The van der Waals surface area contributed by atoms with Crippen molar-refractivity contribution in [2.75, 3.05) is 5.32 Å². The molecule has 0 unspecified atom stereocenters. The second kappa shape index (κ2) is 7.58. The molecule has 2 N–H and O–H groups in total. The Morgan fingerprint density at radius 2 is 1.90 bits per heavy atom. The maximum absolute atomic E-state index is 13.4. The number of carbonyl (C=O) groups is 3. The summed E-state index contributed by atoms with van der Waals surface area (Å²) in [6.45, 7) is 7.62. The SMILES string of the molecule is Cc1ccc(NC(=O)C(=O)[C@@H]2C(=O)C3=C(CC2(C)C)N[C@H]2C=CC=C[C@@H]2S3)c(C)c1. The third kappa shape index (κ3) is 3.65. The first-order valence-electron chi connectivity index (χ1n) is 10.2. The lowest BCUT2D eigenvalue weighted by Gasteiger charge is -2.43. The van der Waals surface area contributed by atoms with Crippen LogP contribution < -0.4 is 10.6 Å². The Labute approximate surface area is 181 Å². The summed E-state index contributed by atoms with van der Waals surface area (Å²) in [4.78, 5) is 39.9. The molecule has 1 aliphatic heterocycles. The van der Waals surface area contributed by atoms with Crippen LogP contribution in [0, 0.1) is 25.2 Å². The molecule has 156 valence electrons. The first-order valence-corrected chi connectivity index (χ1v) is 11.0. The minimum atomic E-state index is -0.990. The van der Waals surface area contributed by atoms with Gasteiger partial charge in [-0.2, -0.15) is 0 Å². The molecule has 0 bridgehead atoms. The Hall–Kier alpha value is -2.60. The first kappa shape index (κ1) is 20.7. The summed E-state index contributed by atoms with van der Waals surface area (Å²) in [5, 5.41) is 6.29. The van der Waals surface area contributed by atoms with E-state index >= 15 is 0 Å².